The molecule has 86 valence electrons. The molecule has 0 saturated heterocycles. The topological polar surface area (TPSA) is 46.3 Å². The monoisotopic (exact) mass is 300 g/mol. The van der Waals surface area contributed by atoms with E-state index in [1.807, 2.05) is 24.3 Å². The van der Waals surface area contributed by atoms with Crippen LogP contribution in [0.15, 0.2) is 28.7 Å². The van der Waals surface area contributed by atoms with E-state index in [4.69, 9.17) is 18.0 Å². The van der Waals surface area contributed by atoms with E-state index in [1.54, 1.807) is 7.05 Å². The van der Waals surface area contributed by atoms with E-state index in [9.17, 15) is 4.79 Å². The third-order valence-electron chi connectivity index (χ3n) is 2.06. The summed E-state index contributed by atoms with van der Waals surface area (Å²) >= 11 is 8.12. The van der Waals surface area contributed by atoms with Crippen LogP contribution in [0.25, 0.3) is 0 Å². The highest BCUT2D eigenvalue weighted by atomic mass is 79.9. The molecule has 0 aliphatic heterocycles. The molecule has 1 aromatic carbocycles. The fraction of sp³-hybridized carbons (Fsp3) is 0.273. The summed E-state index contributed by atoms with van der Waals surface area (Å²) in [5.74, 6) is 0.00546. The van der Waals surface area contributed by atoms with Crippen LogP contribution in [0.3, 0.4) is 0 Å². The predicted molar refractivity (Wildman–Crippen MR) is 72.3 cm³/mol. The number of nitrogens with two attached hydrogens (primary N) is 1. The largest absolute Gasteiger partial charge is 0.392 e. The van der Waals surface area contributed by atoms with Crippen molar-refractivity contribution in [3.63, 3.8) is 0 Å². The number of amides is 1. The van der Waals surface area contributed by atoms with Gasteiger partial charge in [0, 0.05) is 11.5 Å². The Bertz CT molecular complexity index is 409. The van der Waals surface area contributed by atoms with Crippen LogP contribution in [-0.4, -0.2) is 29.4 Å². The zero-order valence-electron chi connectivity index (χ0n) is 8.94. The normalized spacial score (nSPS) is 9.88. The number of thiocarbonyl (C=S) groups is 1. The number of carbonyl (C=O) groups excluding carboxylic acids is 1. The summed E-state index contributed by atoms with van der Waals surface area (Å²) < 4.78 is 0.967. The van der Waals surface area contributed by atoms with E-state index >= 15 is 0 Å². The van der Waals surface area contributed by atoms with E-state index in [2.05, 4.69) is 15.9 Å². The first-order valence-electron chi connectivity index (χ1n) is 4.75. The van der Waals surface area contributed by atoms with E-state index in [1.165, 1.54) is 4.90 Å². The van der Waals surface area contributed by atoms with Gasteiger partial charge in [0.15, 0.2) is 0 Å². The average Bonchev–Trinajstić information content (AvgIpc) is 2.16. The van der Waals surface area contributed by atoms with Gasteiger partial charge in [-0.2, -0.15) is 0 Å². The Kier molecular flexibility index (Phi) is 4.89. The lowest BCUT2D eigenvalue weighted by Crippen LogP contribution is -2.35. The molecule has 1 amide bonds. The van der Waals surface area contributed by atoms with Crippen LogP contribution in [0.1, 0.15) is 5.56 Å². The number of benzene rings is 1. The maximum atomic E-state index is 11.8. The second-order valence-electron chi connectivity index (χ2n) is 3.52. The van der Waals surface area contributed by atoms with Crippen molar-refractivity contribution >= 4 is 39.0 Å². The SMILES string of the molecule is CN(CC(N)=S)C(=O)Cc1cccc(Br)c1. The molecule has 0 unspecified atom stereocenters. The summed E-state index contributed by atoms with van der Waals surface area (Å²) in [7, 11) is 1.69. The van der Waals surface area contributed by atoms with Gasteiger partial charge >= 0.3 is 0 Å². The Morgan fingerprint density at radius 2 is 2.25 bits per heavy atom. The first-order valence-corrected chi connectivity index (χ1v) is 5.96. The minimum Gasteiger partial charge on any atom is -0.392 e. The molecule has 1 rings (SSSR count). The van der Waals surface area contributed by atoms with Gasteiger partial charge in [-0.1, -0.05) is 40.3 Å². The number of nitrogens with zero attached hydrogens (tertiary/aromatic N) is 1. The van der Waals surface area contributed by atoms with Gasteiger partial charge in [0.2, 0.25) is 5.91 Å². The number of carbonyl (C=O) groups is 1. The molecule has 0 bridgehead atoms. The Morgan fingerprint density at radius 1 is 1.56 bits per heavy atom. The summed E-state index contributed by atoms with van der Waals surface area (Å²) in [5, 5.41) is 0. The lowest BCUT2D eigenvalue weighted by atomic mass is 10.1. The Hall–Kier alpha value is -0.940. The second kappa shape index (κ2) is 5.96. The molecular weight excluding hydrogens is 288 g/mol. The molecular formula is C11H13BrN2OS. The molecule has 0 atom stereocenters. The number of halogens is 1. The minimum absolute atomic E-state index is 0.00546. The molecule has 0 aliphatic rings. The highest BCUT2D eigenvalue weighted by Crippen LogP contribution is 2.12. The number of likely N-dealkylation sites (N-methyl/N-ethyl adjacent to an activating group) is 1. The van der Waals surface area contributed by atoms with Crippen molar-refractivity contribution in [2.24, 2.45) is 5.73 Å². The summed E-state index contributed by atoms with van der Waals surface area (Å²) in [5.41, 5.74) is 6.35. The number of hydrogen-bond donors (Lipinski definition) is 1. The van der Waals surface area contributed by atoms with Crippen molar-refractivity contribution in [3.05, 3.63) is 34.3 Å². The van der Waals surface area contributed by atoms with Crippen LogP contribution in [-0.2, 0) is 11.2 Å². The molecule has 0 fully saturated rings. The lowest BCUT2D eigenvalue weighted by Gasteiger charge is -2.16. The predicted octanol–water partition coefficient (Wildman–Crippen LogP) is 1.74. The molecule has 0 saturated carbocycles. The van der Waals surface area contributed by atoms with Crippen molar-refractivity contribution < 1.29 is 4.79 Å². The van der Waals surface area contributed by atoms with E-state index in [0.29, 0.717) is 18.0 Å². The van der Waals surface area contributed by atoms with Gasteiger partial charge in [0.1, 0.15) is 0 Å². The molecule has 0 radical (unpaired) electrons. The smallest absolute Gasteiger partial charge is 0.227 e. The van der Waals surface area contributed by atoms with Crippen LogP contribution in [0.4, 0.5) is 0 Å². The minimum atomic E-state index is 0.00546. The van der Waals surface area contributed by atoms with Gasteiger partial charge in [-0.25, -0.2) is 0 Å². The van der Waals surface area contributed by atoms with E-state index in [0.717, 1.165) is 10.0 Å². The van der Waals surface area contributed by atoms with E-state index in [-0.39, 0.29) is 5.91 Å². The quantitative estimate of drug-likeness (QED) is 0.862. The van der Waals surface area contributed by atoms with E-state index < -0.39 is 0 Å². The molecule has 1 aromatic rings. The summed E-state index contributed by atoms with van der Waals surface area (Å²) in [6.45, 7) is 0.322. The first-order chi connectivity index (χ1) is 7.49. The fourth-order valence-corrected chi connectivity index (χ4v) is 1.92. The van der Waals surface area contributed by atoms with Gasteiger partial charge in [-0.3, -0.25) is 4.79 Å². The van der Waals surface area contributed by atoms with Gasteiger partial charge in [-0.05, 0) is 17.7 Å². The zero-order chi connectivity index (χ0) is 12.1. The highest BCUT2D eigenvalue weighted by molar-refractivity contribution is 9.10. The Balaban J connectivity index is 2.60. The van der Waals surface area contributed by atoms with Crippen LogP contribution >= 0.6 is 28.1 Å². The van der Waals surface area contributed by atoms with Crippen LogP contribution in [0, 0.1) is 0 Å². The highest BCUT2D eigenvalue weighted by Gasteiger charge is 2.10. The second-order valence-corrected chi connectivity index (χ2v) is 4.96. The number of rotatable bonds is 4. The van der Waals surface area contributed by atoms with Crippen molar-refractivity contribution in [2.45, 2.75) is 6.42 Å². The summed E-state index contributed by atoms with van der Waals surface area (Å²) in [6.07, 6.45) is 0.360. The van der Waals surface area contributed by atoms with Crippen molar-refractivity contribution in [3.8, 4) is 0 Å². The van der Waals surface area contributed by atoms with Crippen molar-refractivity contribution in [2.75, 3.05) is 13.6 Å². The van der Waals surface area contributed by atoms with Crippen molar-refractivity contribution in [1.29, 1.82) is 0 Å². The molecule has 16 heavy (non-hydrogen) atoms. The Morgan fingerprint density at radius 3 is 2.81 bits per heavy atom. The van der Waals surface area contributed by atoms with Crippen molar-refractivity contribution in [1.82, 2.24) is 4.90 Å². The number of hydrogen-bond acceptors (Lipinski definition) is 2. The average molecular weight is 301 g/mol. The Labute approximate surface area is 109 Å². The van der Waals surface area contributed by atoms with Gasteiger partial charge in [-0.15, -0.1) is 0 Å². The van der Waals surface area contributed by atoms with Gasteiger partial charge in [0.25, 0.3) is 0 Å². The third-order valence-corrected chi connectivity index (χ3v) is 2.69. The maximum absolute atomic E-state index is 11.8. The zero-order valence-corrected chi connectivity index (χ0v) is 11.3. The molecule has 0 aromatic heterocycles. The summed E-state index contributed by atoms with van der Waals surface area (Å²) in [6, 6.07) is 7.66. The molecule has 0 aliphatic carbocycles. The van der Waals surface area contributed by atoms with Gasteiger partial charge < -0.3 is 10.6 Å². The van der Waals surface area contributed by atoms with Crippen LogP contribution < -0.4 is 5.73 Å². The summed E-state index contributed by atoms with van der Waals surface area (Å²) in [4.78, 5) is 13.6. The first kappa shape index (κ1) is 13.1. The standard InChI is InChI=1S/C11H13BrN2OS/c1-14(7-10(13)16)11(15)6-8-3-2-4-9(12)5-8/h2-5H,6-7H2,1H3,(H2,13,16). The fourth-order valence-electron chi connectivity index (χ4n) is 1.28. The molecule has 3 nitrogen and oxygen atoms in total. The molecule has 0 spiro atoms. The van der Waals surface area contributed by atoms with Gasteiger partial charge in [0.05, 0.1) is 18.0 Å². The van der Waals surface area contributed by atoms with Crippen LogP contribution in [0.5, 0.6) is 0 Å². The third kappa shape index (κ3) is 4.28. The lowest BCUT2D eigenvalue weighted by molar-refractivity contribution is -0.128. The molecule has 5 heteroatoms. The molecule has 2 N–H and O–H groups in total. The molecule has 0 heterocycles. The maximum Gasteiger partial charge on any atom is 0.227 e. The van der Waals surface area contributed by atoms with Crippen LogP contribution in [0.2, 0.25) is 0 Å².